The molecule has 0 aliphatic heterocycles. The summed E-state index contributed by atoms with van der Waals surface area (Å²) in [6.07, 6.45) is 6.88. The minimum absolute atomic E-state index is 0.148. The van der Waals surface area contributed by atoms with Gasteiger partial charge in [0.15, 0.2) is 0 Å². The van der Waals surface area contributed by atoms with Crippen molar-refractivity contribution in [1.82, 2.24) is 5.32 Å². The Hall–Kier alpha value is -0.860. The highest BCUT2D eigenvalue weighted by atomic mass is 16.1. The first-order valence-corrected chi connectivity index (χ1v) is 6.49. The van der Waals surface area contributed by atoms with Crippen molar-refractivity contribution in [2.45, 2.75) is 65.2 Å². The van der Waals surface area contributed by atoms with E-state index < -0.39 is 0 Å². The van der Waals surface area contributed by atoms with Gasteiger partial charge in [0.2, 0.25) is 5.91 Å². The third-order valence-corrected chi connectivity index (χ3v) is 2.61. The van der Waals surface area contributed by atoms with E-state index >= 15 is 0 Å². The van der Waals surface area contributed by atoms with E-state index in [1.54, 1.807) is 0 Å². The van der Waals surface area contributed by atoms with Crippen LogP contribution < -0.4 is 5.32 Å². The highest BCUT2D eigenvalue weighted by Gasteiger charge is 2.01. The first-order valence-electron chi connectivity index (χ1n) is 6.49. The van der Waals surface area contributed by atoms with Gasteiger partial charge in [0.05, 0.1) is 0 Å². The molecule has 0 aromatic carbocycles. The average molecular weight is 227 g/mol. The van der Waals surface area contributed by atoms with E-state index in [-0.39, 0.29) is 5.91 Å². The number of Topliss-reactive ketones (excluding diaryl/α,β-unsaturated/α-hetero) is 1. The van der Waals surface area contributed by atoms with E-state index in [1.165, 1.54) is 0 Å². The molecular formula is C13H25NO2. The van der Waals surface area contributed by atoms with Crippen LogP contribution in [0.2, 0.25) is 0 Å². The first-order chi connectivity index (χ1) is 7.70. The van der Waals surface area contributed by atoms with E-state index in [1.807, 2.05) is 6.92 Å². The van der Waals surface area contributed by atoms with Crippen LogP contribution in [-0.4, -0.2) is 18.2 Å². The number of ketones is 1. The third-order valence-electron chi connectivity index (χ3n) is 2.61. The summed E-state index contributed by atoms with van der Waals surface area (Å²) in [4.78, 5) is 22.3. The number of rotatable bonds is 10. The second-order valence-electron chi connectivity index (χ2n) is 4.16. The van der Waals surface area contributed by atoms with Crippen molar-refractivity contribution < 1.29 is 9.59 Å². The number of carbonyl (C=O) groups excluding carboxylic acids is 2. The SMILES string of the molecule is CCCCNC(=O)CCCCCC(=O)CC. The average Bonchev–Trinajstić information content (AvgIpc) is 2.28. The van der Waals surface area contributed by atoms with Crippen LogP contribution in [0, 0.1) is 0 Å². The highest BCUT2D eigenvalue weighted by molar-refractivity contribution is 5.78. The van der Waals surface area contributed by atoms with Crippen molar-refractivity contribution in [2.75, 3.05) is 6.54 Å². The maximum atomic E-state index is 11.3. The standard InChI is InChI=1S/C13H25NO2/c1-3-5-11-14-13(16)10-8-6-7-9-12(15)4-2/h3-11H2,1-2H3,(H,14,16). The Labute approximate surface area is 99.0 Å². The smallest absolute Gasteiger partial charge is 0.219 e. The minimum atomic E-state index is 0.148. The molecule has 16 heavy (non-hydrogen) atoms. The molecule has 3 nitrogen and oxygen atoms in total. The lowest BCUT2D eigenvalue weighted by Crippen LogP contribution is -2.23. The van der Waals surface area contributed by atoms with Crippen molar-refractivity contribution in [3.63, 3.8) is 0 Å². The fourth-order valence-electron chi connectivity index (χ4n) is 1.45. The van der Waals surface area contributed by atoms with Gasteiger partial charge in [0.25, 0.3) is 0 Å². The van der Waals surface area contributed by atoms with Gasteiger partial charge in [-0.25, -0.2) is 0 Å². The van der Waals surface area contributed by atoms with Crippen LogP contribution in [0.25, 0.3) is 0 Å². The molecule has 0 radical (unpaired) electrons. The molecule has 0 saturated heterocycles. The fourth-order valence-corrected chi connectivity index (χ4v) is 1.45. The van der Waals surface area contributed by atoms with Crippen LogP contribution >= 0.6 is 0 Å². The number of carbonyl (C=O) groups is 2. The zero-order valence-electron chi connectivity index (χ0n) is 10.7. The Morgan fingerprint density at radius 1 is 0.938 bits per heavy atom. The van der Waals surface area contributed by atoms with E-state index in [4.69, 9.17) is 0 Å². The Morgan fingerprint density at radius 2 is 1.62 bits per heavy atom. The summed E-state index contributed by atoms with van der Waals surface area (Å²) in [6.45, 7) is 4.80. The molecule has 0 heterocycles. The molecule has 1 N–H and O–H groups in total. The summed E-state index contributed by atoms with van der Waals surface area (Å²) in [7, 11) is 0. The monoisotopic (exact) mass is 227 g/mol. The van der Waals surface area contributed by atoms with Crippen LogP contribution in [0.4, 0.5) is 0 Å². The molecule has 0 fully saturated rings. The minimum Gasteiger partial charge on any atom is -0.356 e. The van der Waals surface area contributed by atoms with Crippen molar-refractivity contribution in [1.29, 1.82) is 0 Å². The van der Waals surface area contributed by atoms with E-state index in [0.29, 0.717) is 25.0 Å². The molecule has 1 amide bonds. The van der Waals surface area contributed by atoms with Crippen LogP contribution in [0.3, 0.4) is 0 Å². The summed E-state index contributed by atoms with van der Waals surface area (Å²) in [5.41, 5.74) is 0. The molecule has 0 atom stereocenters. The van der Waals surface area contributed by atoms with Gasteiger partial charge in [-0.15, -0.1) is 0 Å². The van der Waals surface area contributed by atoms with Gasteiger partial charge in [0, 0.05) is 25.8 Å². The Balaban J connectivity index is 3.24. The van der Waals surface area contributed by atoms with Crippen LogP contribution in [-0.2, 0) is 9.59 Å². The molecular weight excluding hydrogens is 202 g/mol. The van der Waals surface area contributed by atoms with Gasteiger partial charge >= 0.3 is 0 Å². The summed E-state index contributed by atoms with van der Waals surface area (Å²) in [5, 5.41) is 2.89. The van der Waals surface area contributed by atoms with Crippen molar-refractivity contribution in [2.24, 2.45) is 0 Å². The topological polar surface area (TPSA) is 46.2 Å². The second-order valence-corrected chi connectivity index (χ2v) is 4.16. The second kappa shape index (κ2) is 10.7. The molecule has 0 saturated carbocycles. The molecule has 0 spiro atoms. The lowest BCUT2D eigenvalue weighted by atomic mass is 10.1. The summed E-state index contributed by atoms with van der Waals surface area (Å²) < 4.78 is 0. The van der Waals surface area contributed by atoms with Gasteiger partial charge in [0.1, 0.15) is 5.78 Å². The van der Waals surface area contributed by atoms with Gasteiger partial charge in [-0.05, 0) is 19.3 Å². The molecule has 0 bridgehead atoms. The predicted molar refractivity (Wildman–Crippen MR) is 66.3 cm³/mol. The fraction of sp³-hybridized carbons (Fsp3) is 0.846. The third kappa shape index (κ3) is 9.69. The zero-order valence-corrected chi connectivity index (χ0v) is 10.7. The molecule has 0 aromatic rings. The maximum Gasteiger partial charge on any atom is 0.219 e. The van der Waals surface area contributed by atoms with Gasteiger partial charge in [-0.2, -0.15) is 0 Å². The lowest BCUT2D eigenvalue weighted by Gasteiger charge is -2.03. The van der Waals surface area contributed by atoms with Crippen molar-refractivity contribution >= 4 is 11.7 Å². The summed E-state index contributed by atoms with van der Waals surface area (Å²) >= 11 is 0. The van der Waals surface area contributed by atoms with Gasteiger partial charge in [-0.3, -0.25) is 9.59 Å². The lowest BCUT2D eigenvalue weighted by molar-refractivity contribution is -0.121. The van der Waals surface area contributed by atoms with E-state index in [0.717, 1.165) is 38.6 Å². The number of nitrogens with one attached hydrogen (secondary N) is 1. The van der Waals surface area contributed by atoms with Crippen molar-refractivity contribution in [3.8, 4) is 0 Å². The Morgan fingerprint density at radius 3 is 2.25 bits per heavy atom. The van der Waals surface area contributed by atoms with E-state index in [9.17, 15) is 9.59 Å². The number of amides is 1. The van der Waals surface area contributed by atoms with Crippen LogP contribution in [0.1, 0.15) is 65.2 Å². The normalized spacial score (nSPS) is 10.1. The quantitative estimate of drug-likeness (QED) is 0.583. The van der Waals surface area contributed by atoms with E-state index in [2.05, 4.69) is 12.2 Å². The molecule has 0 rings (SSSR count). The Bertz CT molecular complexity index is 202. The van der Waals surface area contributed by atoms with Crippen LogP contribution in [0.5, 0.6) is 0 Å². The highest BCUT2D eigenvalue weighted by Crippen LogP contribution is 2.04. The molecule has 94 valence electrons. The van der Waals surface area contributed by atoms with Crippen molar-refractivity contribution in [3.05, 3.63) is 0 Å². The Kier molecular flexibility index (Phi) is 10.1. The zero-order chi connectivity index (χ0) is 12.2. The maximum absolute atomic E-state index is 11.3. The number of unbranched alkanes of at least 4 members (excludes halogenated alkanes) is 3. The molecule has 3 heteroatoms. The molecule has 0 aromatic heterocycles. The summed E-state index contributed by atoms with van der Waals surface area (Å²) in [6, 6.07) is 0. The van der Waals surface area contributed by atoms with Gasteiger partial charge in [-0.1, -0.05) is 26.7 Å². The summed E-state index contributed by atoms with van der Waals surface area (Å²) in [5.74, 6) is 0.475. The number of hydrogen-bond acceptors (Lipinski definition) is 2. The molecule has 0 aliphatic rings. The van der Waals surface area contributed by atoms with Crippen LogP contribution in [0.15, 0.2) is 0 Å². The number of hydrogen-bond donors (Lipinski definition) is 1. The first kappa shape index (κ1) is 15.1. The van der Waals surface area contributed by atoms with Gasteiger partial charge < -0.3 is 5.32 Å². The molecule has 0 aliphatic carbocycles. The largest absolute Gasteiger partial charge is 0.356 e. The molecule has 0 unspecified atom stereocenters. The predicted octanol–water partition coefficient (Wildman–Crippen LogP) is 2.83.